The summed E-state index contributed by atoms with van der Waals surface area (Å²) in [5, 5.41) is 0.198. The summed E-state index contributed by atoms with van der Waals surface area (Å²) in [6.45, 7) is 17.9. The zero-order valence-electron chi connectivity index (χ0n) is 13.7. The Balaban J connectivity index is 3.23. The fourth-order valence-electron chi connectivity index (χ4n) is 1.65. The summed E-state index contributed by atoms with van der Waals surface area (Å²) in [6, 6.07) is 6.00. The Hall–Kier alpha value is -0.963. The molecule has 0 heterocycles. The fraction of sp³-hybridized carbons (Fsp3) is 0.625. The highest BCUT2D eigenvalue weighted by atomic mass is 28.4. The highest BCUT2D eigenvalue weighted by Gasteiger charge is 2.39. The molecule has 2 nitrogen and oxygen atoms in total. The van der Waals surface area contributed by atoms with E-state index >= 15 is 0 Å². The molecule has 19 heavy (non-hydrogen) atoms. The zero-order chi connectivity index (χ0) is 15.1. The van der Waals surface area contributed by atoms with Crippen LogP contribution < -0.4 is 10.2 Å². The summed E-state index contributed by atoms with van der Waals surface area (Å²) in [5.74, 6) is 0.994. The molecular formula is C16H29NOSi. The molecule has 3 heteroatoms. The molecule has 0 spiro atoms. The van der Waals surface area contributed by atoms with Crippen molar-refractivity contribution in [2.45, 2.75) is 65.1 Å². The standard InChI is InChI=1S/C16H29NOSi/c1-15(2,3)13-11-12(17)9-10-14(13)18-19(7,8)16(4,5)6/h9-11H,17H2,1-8H3. The molecule has 0 aliphatic rings. The lowest BCUT2D eigenvalue weighted by molar-refractivity contribution is 0.468. The average molecular weight is 280 g/mol. The van der Waals surface area contributed by atoms with Gasteiger partial charge in [0.25, 0.3) is 0 Å². The minimum Gasteiger partial charge on any atom is -0.543 e. The summed E-state index contributed by atoms with van der Waals surface area (Å²) in [4.78, 5) is 0. The van der Waals surface area contributed by atoms with Gasteiger partial charge < -0.3 is 10.2 Å². The lowest BCUT2D eigenvalue weighted by Gasteiger charge is -2.38. The molecule has 0 aliphatic carbocycles. The molecule has 0 bridgehead atoms. The van der Waals surface area contributed by atoms with Crippen LogP contribution in [0.15, 0.2) is 18.2 Å². The third-order valence-corrected chi connectivity index (χ3v) is 8.33. The summed E-state index contributed by atoms with van der Waals surface area (Å²) < 4.78 is 6.46. The Morgan fingerprint density at radius 3 is 1.95 bits per heavy atom. The number of nitrogen functional groups attached to an aromatic ring is 1. The fourth-order valence-corrected chi connectivity index (χ4v) is 2.68. The maximum atomic E-state index is 6.46. The van der Waals surface area contributed by atoms with Gasteiger partial charge in [-0.3, -0.25) is 0 Å². The molecule has 0 fully saturated rings. The van der Waals surface area contributed by atoms with Crippen molar-refractivity contribution in [3.05, 3.63) is 23.8 Å². The molecule has 0 unspecified atom stereocenters. The molecule has 108 valence electrons. The maximum absolute atomic E-state index is 6.46. The predicted molar refractivity (Wildman–Crippen MR) is 87.4 cm³/mol. The molecule has 0 atom stereocenters. The second kappa shape index (κ2) is 4.86. The Morgan fingerprint density at radius 1 is 1.00 bits per heavy atom. The van der Waals surface area contributed by atoms with Gasteiger partial charge in [-0.15, -0.1) is 0 Å². The minimum absolute atomic E-state index is 0.0348. The van der Waals surface area contributed by atoms with Crippen LogP contribution in [-0.2, 0) is 5.41 Å². The summed E-state index contributed by atoms with van der Waals surface area (Å²) >= 11 is 0. The zero-order valence-corrected chi connectivity index (χ0v) is 14.7. The first-order chi connectivity index (χ1) is 8.34. The van der Waals surface area contributed by atoms with Crippen LogP contribution >= 0.6 is 0 Å². The van der Waals surface area contributed by atoms with Gasteiger partial charge in [-0.25, -0.2) is 0 Å². The number of anilines is 1. The third-order valence-electron chi connectivity index (χ3n) is 3.98. The quantitative estimate of drug-likeness (QED) is 0.614. The Bertz CT molecular complexity index is 453. The van der Waals surface area contributed by atoms with Gasteiger partial charge in [0.2, 0.25) is 8.32 Å². The first-order valence-corrected chi connectivity index (χ1v) is 9.84. The molecule has 0 aliphatic heterocycles. The van der Waals surface area contributed by atoms with E-state index in [1.807, 2.05) is 18.2 Å². The largest absolute Gasteiger partial charge is 0.543 e. The summed E-state index contributed by atoms with van der Waals surface area (Å²) in [6.07, 6.45) is 0. The van der Waals surface area contributed by atoms with Gasteiger partial charge in [-0.2, -0.15) is 0 Å². The Morgan fingerprint density at radius 2 is 1.53 bits per heavy atom. The molecule has 0 radical (unpaired) electrons. The highest BCUT2D eigenvalue weighted by molar-refractivity contribution is 6.74. The van der Waals surface area contributed by atoms with E-state index in [0.29, 0.717) is 0 Å². The molecule has 0 saturated heterocycles. The molecular weight excluding hydrogens is 250 g/mol. The molecule has 1 aromatic rings. The van der Waals surface area contributed by atoms with Crippen LogP contribution in [0.3, 0.4) is 0 Å². The van der Waals surface area contributed by atoms with Gasteiger partial charge in [0.1, 0.15) is 5.75 Å². The highest BCUT2D eigenvalue weighted by Crippen LogP contribution is 2.40. The van der Waals surface area contributed by atoms with Crippen molar-refractivity contribution in [2.75, 3.05) is 5.73 Å². The van der Waals surface area contributed by atoms with E-state index in [-0.39, 0.29) is 10.5 Å². The van der Waals surface area contributed by atoms with Crippen molar-refractivity contribution >= 4 is 14.0 Å². The minimum atomic E-state index is -1.81. The van der Waals surface area contributed by atoms with Crippen LogP contribution in [0.25, 0.3) is 0 Å². The van der Waals surface area contributed by atoms with E-state index in [1.54, 1.807) is 0 Å². The van der Waals surface area contributed by atoms with Gasteiger partial charge >= 0.3 is 0 Å². The van der Waals surface area contributed by atoms with Crippen molar-refractivity contribution in [3.8, 4) is 5.75 Å². The smallest absolute Gasteiger partial charge is 0.250 e. The van der Waals surface area contributed by atoms with Crippen molar-refractivity contribution in [3.63, 3.8) is 0 Å². The van der Waals surface area contributed by atoms with E-state index in [4.69, 9.17) is 10.2 Å². The van der Waals surface area contributed by atoms with Gasteiger partial charge in [-0.05, 0) is 41.7 Å². The first kappa shape index (κ1) is 16.1. The number of hydrogen-bond donors (Lipinski definition) is 1. The SMILES string of the molecule is CC(C)(C)c1cc(N)ccc1O[Si](C)(C)C(C)(C)C. The number of nitrogens with two attached hydrogens (primary N) is 1. The molecule has 0 saturated carbocycles. The lowest BCUT2D eigenvalue weighted by atomic mass is 9.86. The van der Waals surface area contributed by atoms with E-state index in [2.05, 4.69) is 54.6 Å². The van der Waals surface area contributed by atoms with Crippen LogP contribution in [0, 0.1) is 0 Å². The topological polar surface area (TPSA) is 35.2 Å². The summed E-state index contributed by atoms with van der Waals surface area (Å²) in [7, 11) is -1.81. The van der Waals surface area contributed by atoms with Gasteiger partial charge in [0.15, 0.2) is 0 Å². The van der Waals surface area contributed by atoms with Crippen molar-refractivity contribution in [1.29, 1.82) is 0 Å². The second-order valence-electron chi connectivity index (χ2n) is 7.87. The van der Waals surface area contributed by atoms with E-state index in [0.717, 1.165) is 11.4 Å². The number of rotatable bonds is 2. The second-order valence-corrected chi connectivity index (χ2v) is 12.6. The van der Waals surface area contributed by atoms with Crippen LogP contribution in [0.2, 0.25) is 18.1 Å². The molecule has 1 aromatic carbocycles. The average Bonchev–Trinajstić information content (AvgIpc) is 2.17. The predicted octanol–water partition coefficient (Wildman–Crippen LogP) is 4.95. The molecule has 2 N–H and O–H groups in total. The van der Waals surface area contributed by atoms with Crippen LogP contribution in [0.4, 0.5) is 5.69 Å². The van der Waals surface area contributed by atoms with Crippen molar-refractivity contribution in [2.24, 2.45) is 0 Å². The molecule has 0 aromatic heterocycles. The van der Waals surface area contributed by atoms with Gasteiger partial charge in [-0.1, -0.05) is 41.5 Å². The molecule has 0 amide bonds. The van der Waals surface area contributed by atoms with Gasteiger partial charge in [0, 0.05) is 11.3 Å². The van der Waals surface area contributed by atoms with Crippen LogP contribution in [0.1, 0.15) is 47.1 Å². The number of hydrogen-bond acceptors (Lipinski definition) is 2. The van der Waals surface area contributed by atoms with Crippen LogP contribution in [-0.4, -0.2) is 8.32 Å². The maximum Gasteiger partial charge on any atom is 0.250 e. The monoisotopic (exact) mass is 279 g/mol. The number of benzene rings is 1. The Kier molecular flexibility index (Phi) is 4.11. The third kappa shape index (κ3) is 3.75. The lowest BCUT2D eigenvalue weighted by Crippen LogP contribution is -2.44. The van der Waals surface area contributed by atoms with E-state index in [1.165, 1.54) is 5.56 Å². The van der Waals surface area contributed by atoms with E-state index in [9.17, 15) is 0 Å². The summed E-state index contributed by atoms with van der Waals surface area (Å²) in [5.41, 5.74) is 7.95. The normalized spacial score (nSPS) is 13.5. The van der Waals surface area contributed by atoms with Crippen molar-refractivity contribution in [1.82, 2.24) is 0 Å². The van der Waals surface area contributed by atoms with E-state index < -0.39 is 8.32 Å². The van der Waals surface area contributed by atoms with Crippen molar-refractivity contribution < 1.29 is 4.43 Å². The Labute approximate surface area is 119 Å². The first-order valence-electron chi connectivity index (χ1n) is 6.93. The van der Waals surface area contributed by atoms with Crippen LogP contribution in [0.5, 0.6) is 5.75 Å². The molecule has 1 rings (SSSR count). The van der Waals surface area contributed by atoms with Gasteiger partial charge in [0.05, 0.1) is 0 Å².